The summed E-state index contributed by atoms with van der Waals surface area (Å²) in [6.45, 7) is 1.81. The molecule has 6 heteroatoms. The number of halogens is 3. The lowest BCUT2D eigenvalue weighted by molar-refractivity contribution is -0.137. The normalized spacial score (nSPS) is 20.9. The number of ether oxygens (including phenoxy) is 1. The molecule has 2 atom stereocenters. The van der Waals surface area contributed by atoms with Gasteiger partial charge in [0, 0.05) is 18.2 Å². The Hall–Kier alpha value is -0.880. The summed E-state index contributed by atoms with van der Waals surface area (Å²) in [6.07, 6.45) is -1.40. The number of hydrogen-bond acceptors (Lipinski definition) is 3. The molecule has 0 aromatic heterocycles. The standard InChI is InChI=1S/C14H18F3NOS/c1-20-9-13(10-5-6-18-8-10)19-12-4-2-3-11(7-12)14(15,16)17/h2-4,7,10,13,18H,5-6,8-9H2,1H3/t10-,13-/m0/s1. The predicted octanol–water partition coefficient (Wildman–Crippen LogP) is 3.43. The summed E-state index contributed by atoms with van der Waals surface area (Å²) in [6, 6.07) is 5.12. The molecule has 1 aliphatic heterocycles. The van der Waals surface area contributed by atoms with E-state index >= 15 is 0 Å². The maximum Gasteiger partial charge on any atom is 0.416 e. The van der Waals surface area contributed by atoms with Gasteiger partial charge >= 0.3 is 6.18 Å². The van der Waals surface area contributed by atoms with E-state index < -0.39 is 11.7 Å². The first kappa shape index (κ1) is 15.5. The fraction of sp³-hybridized carbons (Fsp3) is 0.571. The summed E-state index contributed by atoms with van der Waals surface area (Å²) in [5, 5.41) is 3.26. The number of benzene rings is 1. The highest BCUT2D eigenvalue weighted by atomic mass is 32.2. The summed E-state index contributed by atoms with van der Waals surface area (Å²) in [4.78, 5) is 0. The molecule has 112 valence electrons. The van der Waals surface area contributed by atoms with Gasteiger partial charge in [-0.2, -0.15) is 24.9 Å². The van der Waals surface area contributed by atoms with Gasteiger partial charge in [0.25, 0.3) is 0 Å². The number of rotatable bonds is 5. The zero-order valence-electron chi connectivity index (χ0n) is 11.2. The van der Waals surface area contributed by atoms with E-state index in [9.17, 15) is 13.2 Å². The van der Waals surface area contributed by atoms with Crippen LogP contribution in [-0.4, -0.2) is 31.2 Å². The van der Waals surface area contributed by atoms with Crippen LogP contribution in [0.1, 0.15) is 12.0 Å². The zero-order valence-corrected chi connectivity index (χ0v) is 12.1. The first-order valence-corrected chi connectivity index (χ1v) is 7.93. The molecule has 1 fully saturated rings. The Bertz CT molecular complexity index is 433. The van der Waals surface area contributed by atoms with E-state index in [1.54, 1.807) is 17.8 Å². The molecule has 0 radical (unpaired) electrons. The van der Waals surface area contributed by atoms with Crippen LogP contribution in [0, 0.1) is 5.92 Å². The van der Waals surface area contributed by atoms with Crippen LogP contribution < -0.4 is 10.1 Å². The van der Waals surface area contributed by atoms with Crippen molar-refractivity contribution in [1.82, 2.24) is 5.32 Å². The van der Waals surface area contributed by atoms with Crippen molar-refractivity contribution in [3.8, 4) is 5.75 Å². The second-order valence-corrected chi connectivity index (χ2v) is 5.80. The molecular formula is C14H18F3NOS. The maximum absolute atomic E-state index is 12.7. The van der Waals surface area contributed by atoms with E-state index in [4.69, 9.17) is 4.74 Å². The van der Waals surface area contributed by atoms with Crippen LogP contribution in [0.15, 0.2) is 24.3 Å². The van der Waals surface area contributed by atoms with Crippen LogP contribution in [-0.2, 0) is 6.18 Å². The third kappa shape index (κ3) is 4.06. The predicted molar refractivity (Wildman–Crippen MR) is 75.2 cm³/mol. The van der Waals surface area contributed by atoms with Crippen molar-refractivity contribution in [3.05, 3.63) is 29.8 Å². The Morgan fingerprint density at radius 1 is 1.45 bits per heavy atom. The second kappa shape index (κ2) is 6.72. The lowest BCUT2D eigenvalue weighted by Gasteiger charge is -2.24. The molecule has 0 amide bonds. The summed E-state index contributed by atoms with van der Waals surface area (Å²) in [5.41, 5.74) is -0.664. The first-order valence-electron chi connectivity index (χ1n) is 6.54. The highest BCUT2D eigenvalue weighted by molar-refractivity contribution is 7.98. The molecule has 20 heavy (non-hydrogen) atoms. The van der Waals surface area contributed by atoms with Crippen molar-refractivity contribution >= 4 is 11.8 Å². The van der Waals surface area contributed by atoms with Gasteiger partial charge in [0.2, 0.25) is 0 Å². The van der Waals surface area contributed by atoms with Gasteiger partial charge in [-0.1, -0.05) is 6.07 Å². The van der Waals surface area contributed by atoms with Crippen molar-refractivity contribution in [2.45, 2.75) is 18.7 Å². The lowest BCUT2D eigenvalue weighted by Crippen LogP contribution is -2.31. The fourth-order valence-corrected chi connectivity index (χ4v) is 3.01. The molecule has 0 bridgehead atoms. The zero-order chi connectivity index (χ0) is 14.6. The number of alkyl halides is 3. The first-order chi connectivity index (χ1) is 9.50. The number of hydrogen-bond donors (Lipinski definition) is 1. The number of nitrogens with one attached hydrogen (secondary N) is 1. The molecule has 0 spiro atoms. The van der Waals surface area contributed by atoms with Crippen molar-refractivity contribution in [2.24, 2.45) is 5.92 Å². The maximum atomic E-state index is 12.7. The average Bonchev–Trinajstić information content (AvgIpc) is 2.91. The molecule has 1 saturated heterocycles. The van der Waals surface area contributed by atoms with Gasteiger partial charge in [0.1, 0.15) is 11.9 Å². The Morgan fingerprint density at radius 3 is 2.85 bits per heavy atom. The molecule has 0 saturated carbocycles. The average molecular weight is 305 g/mol. The molecule has 1 heterocycles. The molecule has 1 aliphatic rings. The van der Waals surface area contributed by atoms with Crippen molar-refractivity contribution in [3.63, 3.8) is 0 Å². The molecule has 2 nitrogen and oxygen atoms in total. The Morgan fingerprint density at radius 2 is 2.25 bits per heavy atom. The summed E-state index contributed by atoms with van der Waals surface area (Å²) >= 11 is 1.65. The van der Waals surface area contributed by atoms with E-state index in [1.165, 1.54) is 6.07 Å². The minimum Gasteiger partial charge on any atom is -0.489 e. The van der Waals surface area contributed by atoms with E-state index in [1.807, 2.05) is 6.26 Å². The summed E-state index contributed by atoms with van der Waals surface area (Å²) in [5.74, 6) is 1.44. The van der Waals surface area contributed by atoms with Crippen LogP contribution in [0.3, 0.4) is 0 Å². The van der Waals surface area contributed by atoms with Gasteiger partial charge in [0.05, 0.1) is 5.56 Å². The Kier molecular flexibility index (Phi) is 5.21. The van der Waals surface area contributed by atoms with Gasteiger partial charge in [-0.25, -0.2) is 0 Å². The largest absolute Gasteiger partial charge is 0.489 e. The highest BCUT2D eigenvalue weighted by Gasteiger charge is 2.31. The van der Waals surface area contributed by atoms with Crippen LogP contribution in [0.4, 0.5) is 13.2 Å². The van der Waals surface area contributed by atoms with Crippen molar-refractivity contribution in [1.29, 1.82) is 0 Å². The van der Waals surface area contributed by atoms with Gasteiger partial charge in [-0.3, -0.25) is 0 Å². The molecule has 1 aromatic rings. The fourth-order valence-electron chi connectivity index (χ4n) is 2.35. The monoisotopic (exact) mass is 305 g/mol. The van der Waals surface area contributed by atoms with Crippen LogP contribution in [0.25, 0.3) is 0 Å². The molecule has 0 unspecified atom stereocenters. The lowest BCUT2D eigenvalue weighted by atomic mass is 10.0. The van der Waals surface area contributed by atoms with E-state index in [0.717, 1.165) is 37.4 Å². The van der Waals surface area contributed by atoms with Crippen molar-refractivity contribution in [2.75, 3.05) is 25.1 Å². The van der Waals surface area contributed by atoms with Gasteiger partial charge in [-0.05, 0) is 37.4 Å². The molecule has 1 aromatic carbocycles. The van der Waals surface area contributed by atoms with Crippen LogP contribution >= 0.6 is 11.8 Å². The van der Waals surface area contributed by atoms with Crippen molar-refractivity contribution < 1.29 is 17.9 Å². The van der Waals surface area contributed by atoms with Crippen LogP contribution in [0.5, 0.6) is 5.75 Å². The molecule has 0 aliphatic carbocycles. The minimum atomic E-state index is -4.33. The quantitative estimate of drug-likeness (QED) is 0.900. The smallest absolute Gasteiger partial charge is 0.416 e. The van der Waals surface area contributed by atoms with E-state index in [-0.39, 0.29) is 6.10 Å². The van der Waals surface area contributed by atoms with Crippen LogP contribution in [0.2, 0.25) is 0 Å². The molecule has 1 N–H and O–H groups in total. The van der Waals surface area contributed by atoms with Gasteiger partial charge in [-0.15, -0.1) is 0 Å². The topological polar surface area (TPSA) is 21.3 Å². The number of thioether (sulfide) groups is 1. The summed E-state index contributed by atoms with van der Waals surface area (Å²) < 4.78 is 43.9. The third-order valence-corrected chi connectivity index (χ3v) is 4.07. The Balaban J connectivity index is 2.09. The molecular weight excluding hydrogens is 287 g/mol. The second-order valence-electron chi connectivity index (χ2n) is 4.89. The molecule has 2 rings (SSSR count). The van der Waals surface area contributed by atoms with Gasteiger partial charge < -0.3 is 10.1 Å². The van der Waals surface area contributed by atoms with E-state index in [0.29, 0.717) is 11.7 Å². The third-order valence-electron chi connectivity index (χ3n) is 3.40. The highest BCUT2D eigenvalue weighted by Crippen LogP contribution is 2.32. The Labute approximate surface area is 121 Å². The van der Waals surface area contributed by atoms with Gasteiger partial charge in [0.15, 0.2) is 0 Å². The summed E-state index contributed by atoms with van der Waals surface area (Å²) in [7, 11) is 0. The SMILES string of the molecule is CSC[C@H](Oc1cccc(C(F)(F)F)c1)[C@H]1CCNC1. The minimum absolute atomic E-state index is 0.0523. The van der Waals surface area contributed by atoms with E-state index in [2.05, 4.69) is 5.32 Å².